The fourth-order valence-corrected chi connectivity index (χ4v) is 2.62. The maximum absolute atomic E-state index is 11.2. The Balaban J connectivity index is 2.98. The Morgan fingerprint density at radius 2 is 2.16 bits per heavy atom. The standard InChI is InChI=1S/C12H16N2O4S/c1-12(2,13)7-19-6-8-4-3-5-9(14(17)18)10(8)11(15)16/h3-5H,6-7,13H2,1-2H3,(H,15,16). The van der Waals surface area contributed by atoms with E-state index in [0.29, 0.717) is 17.1 Å². The molecule has 0 spiro atoms. The quantitative estimate of drug-likeness (QED) is 0.613. The molecule has 0 aromatic heterocycles. The number of aromatic carboxylic acids is 1. The van der Waals surface area contributed by atoms with Gasteiger partial charge in [-0.15, -0.1) is 0 Å². The van der Waals surface area contributed by atoms with Crippen LogP contribution < -0.4 is 5.73 Å². The number of benzene rings is 1. The summed E-state index contributed by atoms with van der Waals surface area (Å²) in [5.74, 6) is -0.270. The van der Waals surface area contributed by atoms with Gasteiger partial charge in [-0.3, -0.25) is 10.1 Å². The molecule has 0 heterocycles. The van der Waals surface area contributed by atoms with Crippen LogP contribution in [0.5, 0.6) is 0 Å². The number of rotatable bonds is 6. The van der Waals surface area contributed by atoms with E-state index in [2.05, 4.69) is 0 Å². The lowest BCUT2D eigenvalue weighted by Gasteiger charge is -2.17. The van der Waals surface area contributed by atoms with Gasteiger partial charge < -0.3 is 10.8 Å². The molecule has 1 aromatic rings. The van der Waals surface area contributed by atoms with E-state index in [9.17, 15) is 14.9 Å². The molecule has 0 aliphatic carbocycles. The van der Waals surface area contributed by atoms with Gasteiger partial charge in [0.1, 0.15) is 5.56 Å². The fraction of sp³-hybridized carbons (Fsp3) is 0.417. The highest BCUT2D eigenvalue weighted by molar-refractivity contribution is 7.98. The first-order valence-corrected chi connectivity index (χ1v) is 6.74. The Bertz CT molecular complexity index is 497. The smallest absolute Gasteiger partial charge is 0.343 e. The molecule has 6 nitrogen and oxygen atoms in total. The summed E-state index contributed by atoms with van der Waals surface area (Å²) in [6.07, 6.45) is 0. The second-order valence-corrected chi connectivity index (χ2v) is 5.84. The van der Waals surface area contributed by atoms with Crippen LogP contribution in [0.15, 0.2) is 18.2 Å². The first-order valence-electron chi connectivity index (χ1n) is 5.58. The largest absolute Gasteiger partial charge is 0.477 e. The van der Waals surface area contributed by atoms with Crippen LogP contribution in [-0.2, 0) is 5.75 Å². The highest BCUT2D eigenvalue weighted by Gasteiger charge is 2.23. The van der Waals surface area contributed by atoms with Gasteiger partial charge in [0.15, 0.2) is 0 Å². The van der Waals surface area contributed by atoms with Gasteiger partial charge in [-0.05, 0) is 19.4 Å². The van der Waals surface area contributed by atoms with Gasteiger partial charge in [-0.2, -0.15) is 11.8 Å². The van der Waals surface area contributed by atoms with E-state index < -0.39 is 10.9 Å². The van der Waals surface area contributed by atoms with Gasteiger partial charge in [0.05, 0.1) is 4.92 Å². The fourth-order valence-electron chi connectivity index (χ4n) is 1.53. The van der Waals surface area contributed by atoms with Crippen molar-refractivity contribution >= 4 is 23.4 Å². The maximum Gasteiger partial charge on any atom is 0.343 e. The molecule has 0 amide bonds. The molecule has 0 saturated heterocycles. The average Bonchev–Trinajstić information content (AvgIpc) is 2.26. The Kier molecular flexibility index (Phi) is 4.90. The predicted octanol–water partition coefficient (Wildman–Crippen LogP) is 2.26. The van der Waals surface area contributed by atoms with E-state index in [1.165, 1.54) is 23.9 Å². The number of hydrogen-bond donors (Lipinski definition) is 2. The highest BCUT2D eigenvalue weighted by atomic mass is 32.2. The Labute approximate surface area is 115 Å². The van der Waals surface area contributed by atoms with Crippen molar-refractivity contribution in [3.63, 3.8) is 0 Å². The van der Waals surface area contributed by atoms with E-state index in [1.54, 1.807) is 6.07 Å². The minimum Gasteiger partial charge on any atom is -0.477 e. The molecule has 0 atom stereocenters. The average molecular weight is 284 g/mol. The summed E-state index contributed by atoms with van der Waals surface area (Å²) >= 11 is 1.45. The molecule has 0 aliphatic heterocycles. The topological polar surface area (TPSA) is 106 Å². The van der Waals surface area contributed by atoms with Gasteiger partial charge in [0, 0.05) is 23.1 Å². The minimum absolute atomic E-state index is 0.241. The molecule has 3 N–H and O–H groups in total. The van der Waals surface area contributed by atoms with E-state index in [0.717, 1.165) is 0 Å². The van der Waals surface area contributed by atoms with E-state index in [-0.39, 0.29) is 16.8 Å². The SMILES string of the molecule is CC(C)(N)CSCc1cccc([N+](=O)[O-])c1C(=O)O. The first kappa shape index (κ1) is 15.5. The number of thioether (sulfide) groups is 1. The second kappa shape index (κ2) is 6.03. The lowest BCUT2D eigenvalue weighted by atomic mass is 10.1. The van der Waals surface area contributed by atoms with Crippen LogP contribution >= 0.6 is 11.8 Å². The molecule has 0 radical (unpaired) electrons. The van der Waals surface area contributed by atoms with Crippen LogP contribution in [0.1, 0.15) is 29.8 Å². The van der Waals surface area contributed by atoms with Gasteiger partial charge in [0.25, 0.3) is 5.69 Å². The zero-order valence-electron chi connectivity index (χ0n) is 10.8. The molecule has 0 fully saturated rings. The number of carboxylic acids is 1. The molecule has 1 rings (SSSR count). The molecule has 7 heteroatoms. The van der Waals surface area contributed by atoms with Crippen molar-refractivity contribution in [3.8, 4) is 0 Å². The van der Waals surface area contributed by atoms with Crippen molar-refractivity contribution in [3.05, 3.63) is 39.4 Å². The summed E-state index contributed by atoms with van der Waals surface area (Å²) in [7, 11) is 0. The monoisotopic (exact) mass is 284 g/mol. The van der Waals surface area contributed by atoms with Crippen LogP contribution in [0.25, 0.3) is 0 Å². The third-order valence-electron chi connectivity index (χ3n) is 2.27. The number of carbonyl (C=O) groups is 1. The number of carboxylic acid groups (broad SMARTS) is 1. The number of nitrogens with two attached hydrogens (primary N) is 1. The van der Waals surface area contributed by atoms with Gasteiger partial charge in [0.2, 0.25) is 0 Å². The van der Waals surface area contributed by atoms with E-state index >= 15 is 0 Å². The second-order valence-electron chi connectivity index (χ2n) is 4.85. The van der Waals surface area contributed by atoms with Crippen molar-refractivity contribution in [2.45, 2.75) is 25.1 Å². The summed E-state index contributed by atoms with van der Waals surface area (Å²) in [6.45, 7) is 3.73. The third-order valence-corrected chi connectivity index (χ3v) is 3.73. The normalized spacial score (nSPS) is 11.3. The maximum atomic E-state index is 11.2. The van der Waals surface area contributed by atoms with Crippen molar-refractivity contribution in [2.75, 3.05) is 5.75 Å². The summed E-state index contributed by atoms with van der Waals surface area (Å²) in [5, 5.41) is 19.9. The van der Waals surface area contributed by atoms with Gasteiger partial charge in [-0.1, -0.05) is 12.1 Å². The molecule has 19 heavy (non-hydrogen) atoms. The molecule has 1 aromatic carbocycles. The van der Waals surface area contributed by atoms with Gasteiger partial charge in [-0.25, -0.2) is 4.79 Å². The Morgan fingerprint density at radius 3 is 2.63 bits per heavy atom. The van der Waals surface area contributed by atoms with Crippen molar-refractivity contribution < 1.29 is 14.8 Å². The number of hydrogen-bond acceptors (Lipinski definition) is 5. The Morgan fingerprint density at radius 1 is 1.53 bits per heavy atom. The van der Waals surface area contributed by atoms with Crippen molar-refractivity contribution in [2.24, 2.45) is 5.73 Å². The van der Waals surface area contributed by atoms with Crippen molar-refractivity contribution in [1.29, 1.82) is 0 Å². The molecule has 0 unspecified atom stereocenters. The van der Waals surface area contributed by atoms with Crippen LogP contribution in [-0.4, -0.2) is 27.3 Å². The van der Waals surface area contributed by atoms with Crippen molar-refractivity contribution in [1.82, 2.24) is 0 Å². The van der Waals surface area contributed by atoms with Crippen LogP contribution in [0.2, 0.25) is 0 Å². The van der Waals surface area contributed by atoms with Crippen LogP contribution in [0, 0.1) is 10.1 Å². The molecule has 0 bridgehead atoms. The Hall–Kier alpha value is -1.60. The van der Waals surface area contributed by atoms with Crippen LogP contribution in [0.4, 0.5) is 5.69 Å². The predicted molar refractivity (Wildman–Crippen MR) is 74.5 cm³/mol. The molecule has 104 valence electrons. The number of nitro benzene ring substituents is 1. The summed E-state index contributed by atoms with van der Waals surface area (Å²) in [4.78, 5) is 21.3. The minimum atomic E-state index is -1.28. The van der Waals surface area contributed by atoms with Gasteiger partial charge >= 0.3 is 5.97 Å². The summed E-state index contributed by atoms with van der Waals surface area (Å²) < 4.78 is 0. The molecule has 0 saturated carbocycles. The number of nitrogens with zero attached hydrogens (tertiary/aromatic N) is 1. The zero-order valence-corrected chi connectivity index (χ0v) is 11.6. The van der Waals surface area contributed by atoms with E-state index in [1.807, 2.05) is 13.8 Å². The third kappa shape index (κ3) is 4.53. The van der Waals surface area contributed by atoms with E-state index in [4.69, 9.17) is 10.8 Å². The first-order chi connectivity index (χ1) is 8.72. The lowest BCUT2D eigenvalue weighted by Crippen LogP contribution is -2.34. The molecule has 0 aliphatic rings. The van der Waals surface area contributed by atoms with Crippen LogP contribution in [0.3, 0.4) is 0 Å². The molecular weight excluding hydrogens is 268 g/mol. The summed E-state index contributed by atoms with van der Waals surface area (Å²) in [5.41, 5.74) is 5.29. The highest BCUT2D eigenvalue weighted by Crippen LogP contribution is 2.26. The lowest BCUT2D eigenvalue weighted by molar-refractivity contribution is -0.385. The number of nitro groups is 1. The summed E-state index contributed by atoms with van der Waals surface area (Å²) in [6, 6.07) is 4.28. The zero-order chi connectivity index (χ0) is 14.6. The molecular formula is C12H16N2O4S.